The fourth-order valence-corrected chi connectivity index (χ4v) is 2.04. The number of hydrogen-bond donors (Lipinski definition) is 1. The van der Waals surface area contributed by atoms with E-state index in [9.17, 15) is 0 Å². The Kier molecular flexibility index (Phi) is 2.76. The van der Waals surface area contributed by atoms with Crippen LogP contribution in [0.1, 0.15) is 26.0 Å². The number of fused-ring (bicyclic) bond motifs is 1. The maximum Gasteiger partial charge on any atom is 0.0479 e. The molecule has 2 N–H and O–H groups in total. The van der Waals surface area contributed by atoms with Crippen LogP contribution in [0.25, 0.3) is 10.9 Å². The SMILES string of the molecule is Cn1c(CCC(C)(C)N)cc2ccccc21. The Balaban J connectivity index is 2.28. The summed E-state index contributed by atoms with van der Waals surface area (Å²) in [4.78, 5) is 0. The summed E-state index contributed by atoms with van der Waals surface area (Å²) in [5.74, 6) is 0. The third-order valence-corrected chi connectivity index (χ3v) is 3.08. The van der Waals surface area contributed by atoms with E-state index in [-0.39, 0.29) is 5.54 Å². The molecule has 0 fully saturated rings. The summed E-state index contributed by atoms with van der Waals surface area (Å²) in [6.07, 6.45) is 2.05. The van der Waals surface area contributed by atoms with Crippen LogP contribution in [-0.4, -0.2) is 10.1 Å². The van der Waals surface area contributed by atoms with Crippen molar-refractivity contribution in [2.75, 3.05) is 0 Å². The third kappa shape index (κ3) is 2.27. The molecule has 0 bridgehead atoms. The molecular weight excluding hydrogens is 196 g/mol. The lowest BCUT2D eigenvalue weighted by atomic mass is 9.99. The fraction of sp³-hybridized carbons (Fsp3) is 0.429. The number of aryl methyl sites for hydroxylation is 2. The summed E-state index contributed by atoms with van der Waals surface area (Å²) in [5.41, 5.74) is 8.59. The van der Waals surface area contributed by atoms with Crippen molar-refractivity contribution in [2.45, 2.75) is 32.2 Å². The first-order valence-electron chi connectivity index (χ1n) is 5.79. The van der Waals surface area contributed by atoms with Crippen LogP contribution in [0.5, 0.6) is 0 Å². The van der Waals surface area contributed by atoms with E-state index in [0.717, 1.165) is 12.8 Å². The monoisotopic (exact) mass is 216 g/mol. The lowest BCUT2D eigenvalue weighted by Gasteiger charge is -2.18. The van der Waals surface area contributed by atoms with E-state index in [0.29, 0.717) is 0 Å². The van der Waals surface area contributed by atoms with Crippen molar-refractivity contribution in [3.63, 3.8) is 0 Å². The molecule has 2 heteroatoms. The number of hydrogen-bond acceptors (Lipinski definition) is 1. The van der Waals surface area contributed by atoms with Gasteiger partial charge in [0.2, 0.25) is 0 Å². The van der Waals surface area contributed by atoms with Crippen molar-refractivity contribution < 1.29 is 0 Å². The molecule has 0 radical (unpaired) electrons. The number of aromatic nitrogens is 1. The second kappa shape index (κ2) is 3.95. The van der Waals surface area contributed by atoms with Crippen LogP contribution in [0.2, 0.25) is 0 Å². The molecule has 1 aromatic heterocycles. The Bertz CT molecular complexity index is 489. The van der Waals surface area contributed by atoms with Gasteiger partial charge in [-0.25, -0.2) is 0 Å². The van der Waals surface area contributed by atoms with Gasteiger partial charge >= 0.3 is 0 Å². The summed E-state index contributed by atoms with van der Waals surface area (Å²) < 4.78 is 2.26. The third-order valence-electron chi connectivity index (χ3n) is 3.08. The minimum Gasteiger partial charge on any atom is -0.348 e. The van der Waals surface area contributed by atoms with E-state index in [1.807, 2.05) is 0 Å². The van der Waals surface area contributed by atoms with E-state index in [1.54, 1.807) is 0 Å². The fourth-order valence-electron chi connectivity index (χ4n) is 2.04. The molecule has 0 spiro atoms. The molecule has 0 unspecified atom stereocenters. The Labute approximate surface area is 97.1 Å². The molecule has 0 aliphatic heterocycles. The van der Waals surface area contributed by atoms with Gasteiger partial charge in [0.15, 0.2) is 0 Å². The summed E-state index contributed by atoms with van der Waals surface area (Å²) >= 11 is 0. The first-order chi connectivity index (χ1) is 7.47. The van der Waals surface area contributed by atoms with Gasteiger partial charge in [0.1, 0.15) is 0 Å². The predicted octanol–water partition coefficient (Wildman–Crippen LogP) is 2.85. The molecule has 0 amide bonds. The molecule has 0 atom stereocenters. The summed E-state index contributed by atoms with van der Waals surface area (Å²) in [7, 11) is 2.13. The minimum absolute atomic E-state index is 0.0869. The van der Waals surface area contributed by atoms with Gasteiger partial charge < -0.3 is 10.3 Å². The highest BCUT2D eigenvalue weighted by Gasteiger charge is 2.12. The number of nitrogens with zero attached hydrogens (tertiary/aromatic N) is 1. The zero-order valence-electron chi connectivity index (χ0n) is 10.3. The van der Waals surface area contributed by atoms with Crippen LogP contribution in [0.3, 0.4) is 0 Å². The van der Waals surface area contributed by atoms with Crippen LogP contribution in [-0.2, 0) is 13.5 Å². The summed E-state index contributed by atoms with van der Waals surface area (Å²) in [6, 6.07) is 10.7. The van der Waals surface area contributed by atoms with Crippen molar-refractivity contribution in [1.82, 2.24) is 4.57 Å². The number of rotatable bonds is 3. The van der Waals surface area contributed by atoms with E-state index in [4.69, 9.17) is 5.73 Å². The van der Waals surface area contributed by atoms with Gasteiger partial charge in [0, 0.05) is 23.8 Å². The molecule has 0 aliphatic rings. The average Bonchev–Trinajstić information content (AvgIpc) is 2.53. The zero-order chi connectivity index (χ0) is 11.8. The molecule has 2 aromatic rings. The maximum absolute atomic E-state index is 6.02. The van der Waals surface area contributed by atoms with Gasteiger partial charge in [0.05, 0.1) is 0 Å². The normalized spacial score (nSPS) is 12.2. The molecule has 2 nitrogen and oxygen atoms in total. The topological polar surface area (TPSA) is 30.9 Å². The van der Waals surface area contributed by atoms with E-state index in [2.05, 4.69) is 55.8 Å². The molecule has 0 saturated heterocycles. The minimum atomic E-state index is -0.0869. The number of para-hydroxylation sites is 1. The molecule has 0 aliphatic carbocycles. The second-order valence-corrected chi connectivity index (χ2v) is 5.24. The lowest BCUT2D eigenvalue weighted by Crippen LogP contribution is -2.32. The summed E-state index contributed by atoms with van der Waals surface area (Å²) in [5, 5.41) is 1.31. The molecule has 1 heterocycles. The molecule has 0 saturated carbocycles. The molecule has 1 aromatic carbocycles. The van der Waals surface area contributed by atoms with Gasteiger partial charge in [-0.1, -0.05) is 18.2 Å². The van der Waals surface area contributed by atoms with Crippen LogP contribution in [0, 0.1) is 0 Å². The van der Waals surface area contributed by atoms with Gasteiger partial charge in [0.25, 0.3) is 0 Å². The van der Waals surface area contributed by atoms with Crippen LogP contribution < -0.4 is 5.73 Å². The second-order valence-electron chi connectivity index (χ2n) is 5.24. The van der Waals surface area contributed by atoms with Crippen LogP contribution >= 0.6 is 0 Å². The highest BCUT2D eigenvalue weighted by molar-refractivity contribution is 5.81. The van der Waals surface area contributed by atoms with Crippen molar-refractivity contribution in [1.29, 1.82) is 0 Å². The Morgan fingerprint density at radius 1 is 1.25 bits per heavy atom. The molecule has 16 heavy (non-hydrogen) atoms. The van der Waals surface area contributed by atoms with Crippen LogP contribution in [0.4, 0.5) is 0 Å². The van der Waals surface area contributed by atoms with Crippen LogP contribution in [0.15, 0.2) is 30.3 Å². The van der Waals surface area contributed by atoms with E-state index >= 15 is 0 Å². The van der Waals surface area contributed by atoms with Gasteiger partial charge in [-0.15, -0.1) is 0 Å². The quantitative estimate of drug-likeness (QED) is 0.840. The highest BCUT2D eigenvalue weighted by atomic mass is 14.9. The maximum atomic E-state index is 6.02. The first-order valence-corrected chi connectivity index (χ1v) is 5.79. The summed E-state index contributed by atoms with van der Waals surface area (Å²) in [6.45, 7) is 4.16. The average molecular weight is 216 g/mol. The molecule has 2 rings (SSSR count). The zero-order valence-corrected chi connectivity index (χ0v) is 10.3. The first kappa shape index (κ1) is 11.2. The number of nitrogens with two attached hydrogens (primary N) is 1. The van der Waals surface area contributed by atoms with E-state index in [1.165, 1.54) is 16.6 Å². The smallest absolute Gasteiger partial charge is 0.0479 e. The highest BCUT2D eigenvalue weighted by Crippen LogP contribution is 2.20. The molecule has 86 valence electrons. The molecular formula is C14H20N2. The predicted molar refractivity (Wildman–Crippen MR) is 69.5 cm³/mol. The Hall–Kier alpha value is -1.28. The van der Waals surface area contributed by atoms with Gasteiger partial charge in [-0.3, -0.25) is 0 Å². The van der Waals surface area contributed by atoms with Crippen molar-refractivity contribution in [2.24, 2.45) is 12.8 Å². The standard InChI is InChI=1S/C14H20N2/c1-14(2,15)9-8-12-10-11-6-4-5-7-13(11)16(12)3/h4-7,10H,8-9,15H2,1-3H3. The Morgan fingerprint density at radius 2 is 1.94 bits per heavy atom. The van der Waals surface area contributed by atoms with Crippen molar-refractivity contribution >= 4 is 10.9 Å². The van der Waals surface area contributed by atoms with Gasteiger partial charge in [-0.05, 0) is 44.2 Å². The largest absolute Gasteiger partial charge is 0.348 e. The van der Waals surface area contributed by atoms with Gasteiger partial charge in [-0.2, -0.15) is 0 Å². The Morgan fingerprint density at radius 3 is 2.56 bits per heavy atom. The number of benzene rings is 1. The van der Waals surface area contributed by atoms with E-state index < -0.39 is 0 Å². The van der Waals surface area contributed by atoms with Crippen molar-refractivity contribution in [3.05, 3.63) is 36.0 Å². The van der Waals surface area contributed by atoms with Crippen molar-refractivity contribution in [3.8, 4) is 0 Å². The lowest BCUT2D eigenvalue weighted by molar-refractivity contribution is 0.471.